The molecule has 1 aliphatic carbocycles. The summed E-state index contributed by atoms with van der Waals surface area (Å²) in [7, 11) is 0. The molecule has 0 unspecified atom stereocenters. The third kappa shape index (κ3) is 4.41. The van der Waals surface area contributed by atoms with E-state index >= 15 is 0 Å². The third-order valence-electron chi connectivity index (χ3n) is 5.27. The van der Waals surface area contributed by atoms with Crippen molar-refractivity contribution in [1.82, 2.24) is 5.32 Å². The number of anilines is 1. The van der Waals surface area contributed by atoms with Gasteiger partial charge < -0.3 is 10.6 Å². The molecule has 28 heavy (non-hydrogen) atoms. The van der Waals surface area contributed by atoms with Crippen molar-refractivity contribution < 1.29 is 14.0 Å². The van der Waals surface area contributed by atoms with Crippen LogP contribution in [0.25, 0.3) is 0 Å². The Morgan fingerprint density at radius 2 is 1.64 bits per heavy atom. The summed E-state index contributed by atoms with van der Waals surface area (Å²) in [5.41, 5.74) is 1.45. The second kappa shape index (κ2) is 7.74. The van der Waals surface area contributed by atoms with Crippen LogP contribution in [0.5, 0.6) is 0 Å². The summed E-state index contributed by atoms with van der Waals surface area (Å²) in [6.45, 7) is 6.69. The van der Waals surface area contributed by atoms with E-state index in [4.69, 9.17) is 0 Å². The summed E-state index contributed by atoms with van der Waals surface area (Å²) >= 11 is 0. The lowest BCUT2D eigenvalue weighted by Crippen LogP contribution is -2.40. The second-order valence-electron chi connectivity index (χ2n) is 8.46. The number of hydrogen-bond acceptors (Lipinski definition) is 2. The molecule has 148 valence electrons. The topological polar surface area (TPSA) is 58.2 Å². The zero-order valence-electron chi connectivity index (χ0n) is 16.6. The van der Waals surface area contributed by atoms with Crippen LogP contribution in [0.1, 0.15) is 44.7 Å². The Bertz CT molecular complexity index is 865. The number of carbonyl (C=O) groups is 2. The molecule has 4 nitrogen and oxygen atoms in total. The minimum Gasteiger partial charge on any atom is -0.355 e. The first-order chi connectivity index (χ1) is 13.2. The molecule has 2 amide bonds. The molecular weight excluding hydrogens is 355 g/mol. The number of halogens is 1. The van der Waals surface area contributed by atoms with E-state index < -0.39 is 5.41 Å². The van der Waals surface area contributed by atoms with Crippen LogP contribution in [-0.4, -0.2) is 18.4 Å². The van der Waals surface area contributed by atoms with Crippen molar-refractivity contribution >= 4 is 17.5 Å². The van der Waals surface area contributed by atoms with Crippen LogP contribution in [0.15, 0.2) is 48.5 Å². The first-order valence-electron chi connectivity index (χ1n) is 9.66. The van der Waals surface area contributed by atoms with E-state index in [0.717, 1.165) is 0 Å². The van der Waals surface area contributed by atoms with Gasteiger partial charge in [0.2, 0.25) is 11.8 Å². The molecule has 1 aliphatic rings. The van der Waals surface area contributed by atoms with E-state index in [2.05, 4.69) is 31.4 Å². The number of benzene rings is 2. The number of rotatable bonds is 6. The molecule has 0 spiro atoms. The highest BCUT2D eigenvalue weighted by molar-refractivity contribution is 6.13. The fourth-order valence-electron chi connectivity index (χ4n) is 3.17. The summed E-state index contributed by atoms with van der Waals surface area (Å²) in [5, 5.41) is 5.65. The van der Waals surface area contributed by atoms with Gasteiger partial charge in [0, 0.05) is 12.2 Å². The van der Waals surface area contributed by atoms with Gasteiger partial charge in [-0.3, -0.25) is 9.59 Å². The maximum Gasteiger partial charge on any atom is 0.240 e. The first kappa shape index (κ1) is 20.1. The summed E-state index contributed by atoms with van der Waals surface area (Å²) in [5.74, 6) is -0.846. The molecule has 0 aromatic heterocycles. The Morgan fingerprint density at radius 3 is 2.21 bits per heavy atom. The summed E-state index contributed by atoms with van der Waals surface area (Å²) in [6, 6.07) is 14.2. The SMILES string of the molecule is CC(C)(C)c1ccc(NC(=O)C2(C(=O)NCCc3ccccc3F)CC2)cc1. The van der Waals surface area contributed by atoms with Gasteiger partial charge >= 0.3 is 0 Å². The van der Waals surface area contributed by atoms with Crippen molar-refractivity contribution in [2.45, 2.75) is 45.4 Å². The number of nitrogens with one attached hydrogen (secondary N) is 2. The van der Waals surface area contributed by atoms with E-state index in [9.17, 15) is 14.0 Å². The maximum atomic E-state index is 13.7. The van der Waals surface area contributed by atoms with Crippen LogP contribution in [0.3, 0.4) is 0 Å². The van der Waals surface area contributed by atoms with E-state index in [0.29, 0.717) is 37.1 Å². The van der Waals surface area contributed by atoms with Crippen LogP contribution in [0, 0.1) is 11.2 Å². The average Bonchev–Trinajstić information content (AvgIpc) is 3.45. The predicted molar refractivity (Wildman–Crippen MR) is 109 cm³/mol. The van der Waals surface area contributed by atoms with E-state index in [-0.39, 0.29) is 23.0 Å². The summed E-state index contributed by atoms with van der Waals surface area (Å²) in [6.07, 6.45) is 1.46. The average molecular weight is 382 g/mol. The standard InChI is InChI=1S/C23H27FN2O2/c1-22(2,3)17-8-10-18(11-9-17)26-21(28)23(13-14-23)20(27)25-15-12-16-6-4-5-7-19(16)24/h4-11H,12-15H2,1-3H3,(H,25,27)(H,26,28). The largest absolute Gasteiger partial charge is 0.355 e. The van der Waals surface area contributed by atoms with Crippen LogP contribution >= 0.6 is 0 Å². The van der Waals surface area contributed by atoms with E-state index in [1.165, 1.54) is 11.6 Å². The molecule has 0 bridgehead atoms. The highest BCUT2D eigenvalue weighted by atomic mass is 19.1. The van der Waals surface area contributed by atoms with Crippen LogP contribution in [0.4, 0.5) is 10.1 Å². The first-order valence-corrected chi connectivity index (χ1v) is 9.66. The lowest BCUT2D eigenvalue weighted by molar-refractivity contribution is -0.134. The Hall–Kier alpha value is -2.69. The Kier molecular flexibility index (Phi) is 5.54. The molecular formula is C23H27FN2O2. The van der Waals surface area contributed by atoms with Crippen LogP contribution in [-0.2, 0) is 21.4 Å². The predicted octanol–water partition coefficient (Wildman–Crippen LogP) is 4.20. The summed E-state index contributed by atoms with van der Waals surface area (Å²) < 4.78 is 13.7. The van der Waals surface area contributed by atoms with E-state index in [1.54, 1.807) is 18.2 Å². The third-order valence-corrected chi connectivity index (χ3v) is 5.27. The number of amides is 2. The Balaban J connectivity index is 1.56. The highest BCUT2D eigenvalue weighted by Crippen LogP contribution is 2.46. The smallest absolute Gasteiger partial charge is 0.240 e. The van der Waals surface area contributed by atoms with Gasteiger partial charge in [-0.15, -0.1) is 0 Å². The zero-order chi connectivity index (χ0) is 20.4. The molecule has 3 rings (SSSR count). The summed E-state index contributed by atoms with van der Waals surface area (Å²) in [4.78, 5) is 25.2. The van der Waals surface area contributed by atoms with Crippen molar-refractivity contribution in [1.29, 1.82) is 0 Å². The molecule has 1 fully saturated rings. The molecule has 0 radical (unpaired) electrons. The molecule has 0 saturated heterocycles. The monoisotopic (exact) mass is 382 g/mol. The molecule has 2 aromatic rings. The lowest BCUT2D eigenvalue weighted by Gasteiger charge is -2.20. The van der Waals surface area contributed by atoms with Gasteiger partial charge in [0.05, 0.1) is 0 Å². The van der Waals surface area contributed by atoms with Gasteiger partial charge in [0.15, 0.2) is 0 Å². The molecule has 5 heteroatoms. The van der Waals surface area contributed by atoms with Crippen molar-refractivity contribution in [2.24, 2.45) is 5.41 Å². The van der Waals surface area contributed by atoms with Crippen molar-refractivity contribution in [2.75, 3.05) is 11.9 Å². The lowest BCUT2D eigenvalue weighted by atomic mass is 9.87. The van der Waals surface area contributed by atoms with Gasteiger partial charge in [-0.2, -0.15) is 0 Å². The maximum absolute atomic E-state index is 13.7. The molecule has 2 aromatic carbocycles. The molecule has 1 saturated carbocycles. The van der Waals surface area contributed by atoms with Crippen molar-refractivity contribution in [3.63, 3.8) is 0 Å². The second-order valence-corrected chi connectivity index (χ2v) is 8.46. The van der Waals surface area contributed by atoms with Gasteiger partial charge in [0.1, 0.15) is 11.2 Å². The normalized spacial score (nSPS) is 15.0. The van der Waals surface area contributed by atoms with Gasteiger partial charge in [-0.05, 0) is 54.0 Å². The number of hydrogen-bond donors (Lipinski definition) is 2. The van der Waals surface area contributed by atoms with Crippen molar-refractivity contribution in [3.05, 3.63) is 65.5 Å². The Morgan fingerprint density at radius 1 is 1.00 bits per heavy atom. The van der Waals surface area contributed by atoms with Crippen LogP contribution in [0.2, 0.25) is 0 Å². The quantitative estimate of drug-likeness (QED) is 0.736. The van der Waals surface area contributed by atoms with Crippen LogP contribution < -0.4 is 10.6 Å². The molecule has 0 aliphatic heterocycles. The molecule has 2 N–H and O–H groups in total. The zero-order valence-corrected chi connectivity index (χ0v) is 16.6. The highest BCUT2D eigenvalue weighted by Gasteiger charge is 2.56. The van der Waals surface area contributed by atoms with Gasteiger partial charge in [-0.25, -0.2) is 4.39 Å². The number of carbonyl (C=O) groups excluding carboxylic acids is 2. The van der Waals surface area contributed by atoms with Gasteiger partial charge in [-0.1, -0.05) is 51.1 Å². The Labute approximate surface area is 165 Å². The fourth-order valence-corrected chi connectivity index (χ4v) is 3.17. The molecule has 0 heterocycles. The molecule has 0 atom stereocenters. The van der Waals surface area contributed by atoms with Gasteiger partial charge in [0.25, 0.3) is 0 Å². The minimum atomic E-state index is -1.00. The fraction of sp³-hybridized carbons (Fsp3) is 0.391. The van der Waals surface area contributed by atoms with E-state index in [1.807, 2.05) is 24.3 Å². The van der Waals surface area contributed by atoms with Crippen molar-refractivity contribution in [3.8, 4) is 0 Å². The minimum absolute atomic E-state index is 0.0400.